The van der Waals surface area contributed by atoms with E-state index in [9.17, 15) is 23.4 Å². The number of pyridine rings is 1. The summed E-state index contributed by atoms with van der Waals surface area (Å²) >= 11 is 3.07. The van der Waals surface area contributed by atoms with Crippen molar-refractivity contribution in [3.8, 4) is 0 Å². The molecule has 0 aliphatic heterocycles. The lowest BCUT2D eigenvalue weighted by Gasteiger charge is -2.17. The second kappa shape index (κ2) is 5.79. The van der Waals surface area contributed by atoms with Gasteiger partial charge in [0.05, 0.1) is 17.4 Å². The number of hydrogen-bond donors (Lipinski definition) is 2. The Morgan fingerprint density at radius 1 is 1.35 bits per heavy atom. The van der Waals surface area contributed by atoms with Crippen molar-refractivity contribution < 1.29 is 23.4 Å². The molecule has 0 radical (unpaired) electrons. The molecule has 0 spiro atoms. The van der Waals surface area contributed by atoms with Crippen LogP contribution in [0.1, 0.15) is 23.8 Å². The lowest BCUT2D eigenvalue weighted by molar-refractivity contribution is -0.137. The van der Waals surface area contributed by atoms with Crippen LogP contribution < -0.4 is 0 Å². The van der Waals surface area contributed by atoms with Crippen LogP contribution in [-0.2, 0) is 6.18 Å². The molecule has 1 rings (SSSR count). The summed E-state index contributed by atoms with van der Waals surface area (Å²) in [5.74, 6) is 0. The summed E-state index contributed by atoms with van der Waals surface area (Å²) in [5.41, 5.74) is -1.08. The SMILES string of the molecule is OC(CCBr)C(O)c1cc(C(F)(F)F)ccn1. The first-order valence-electron chi connectivity index (χ1n) is 4.81. The molecule has 0 aliphatic rings. The summed E-state index contributed by atoms with van der Waals surface area (Å²) in [7, 11) is 0. The smallest absolute Gasteiger partial charge is 0.390 e. The maximum absolute atomic E-state index is 12.4. The first-order valence-corrected chi connectivity index (χ1v) is 5.93. The highest BCUT2D eigenvalue weighted by atomic mass is 79.9. The average Bonchev–Trinajstić information content (AvgIpc) is 2.27. The molecule has 0 fully saturated rings. The van der Waals surface area contributed by atoms with Gasteiger partial charge >= 0.3 is 6.18 Å². The van der Waals surface area contributed by atoms with E-state index in [-0.39, 0.29) is 12.1 Å². The van der Waals surface area contributed by atoms with Crippen LogP contribution in [0.4, 0.5) is 13.2 Å². The van der Waals surface area contributed by atoms with Crippen molar-refractivity contribution in [3.63, 3.8) is 0 Å². The molecular weight excluding hydrogens is 303 g/mol. The summed E-state index contributed by atoms with van der Waals surface area (Å²) in [6.07, 6.45) is -5.88. The Morgan fingerprint density at radius 3 is 2.53 bits per heavy atom. The molecule has 0 aliphatic carbocycles. The van der Waals surface area contributed by atoms with Crippen LogP contribution >= 0.6 is 15.9 Å². The topological polar surface area (TPSA) is 53.4 Å². The van der Waals surface area contributed by atoms with Crippen molar-refractivity contribution in [2.45, 2.75) is 24.8 Å². The number of halogens is 4. The Kier molecular flexibility index (Phi) is 4.91. The van der Waals surface area contributed by atoms with E-state index in [0.29, 0.717) is 5.33 Å². The summed E-state index contributed by atoms with van der Waals surface area (Å²) in [6, 6.07) is 1.55. The van der Waals surface area contributed by atoms with Crippen molar-refractivity contribution in [1.29, 1.82) is 0 Å². The minimum atomic E-state index is -4.49. The Bertz CT molecular complexity index is 373. The number of hydrogen-bond acceptors (Lipinski definition) is 3. The van der Waals surface area contributed by atoms with E-state index in [0.717, 1.165) is 18.3 Å². The Hall–Kier alpha value is -0.660. The molecule has 2 atom stereocenters. The van der Waals surface area contributed by atoms with Gasteiger partial charge in [-0.05, 0) is 18.6 Å². The van der Waals surface area contributed by atoms with Crippen LogP contribution in [0.5, 0.6) is 0 Å². The van der Waals surface area contributed by atoms with Crippen LogP contribution in [0.15, 0.2) is 18.3 Å². The van der Waals surface area contributed by atoms with Crippen LogP contribution in [0.3, 0.4) is 0 Å². The van der Waals surface area contributed by atoms with E-state index in [1.165, 1.54) is 0 Å². The molecule has 0 saturated heterocycles. The highest BCUT2D eigenvalue weighted by Gasteiger charge is 2.31. The second-order valence-electron chi connectivity index (χ2n) is 3.46. The molecule has 0 bridgehead atoms. The molecule has 0 amide bonds. The molecule has 3 nitrogen and oxygen atoms in total. The van der Waals surface area contributed by atoms with Gasteiger partial charge in [-0.3, -0.25) is 4.98 Å². The first kappa shape index (κ1) is 14.4. The summed E-state index contributed by atoms with van der Waals surface area (Å²) in [5, 5.41) is 19.5. The van der Waals surface area contributed by atoms with Gasteiger partial charge in [-0.25, -0.2) is 0 Å². The standard InChI is InChI=1S/C10H11BrF3NO2/c11-3-1-8(16)9(17)7-5-6(2-4-15-7)10(12,13)14/h2,4-5,8-9,16-17H,1,3H2. The molecule has 1 aromatic rings. The molecule has 2 N–H and O–H groups in total. The van der Waals surface area contributed by atoms with Crippen molar-refractivity contribution in [2.24, 2.45) is 0 Å². The molecule has 1 heterocycles. The molecule has 17 heavy (non-hydrogen) atoms. The fraction of sp³-hybridized carbons (Fsp3) is 0.500. The van der Waals surface area contributed by atoms with Gasteiger partial charge in [0.2, 0.25) is 0 Å². The number of aliphatic hydroxyl groups is 2. The lowest BCUT2D eigenvalue weighted by atomic mass is 10.1. The average molecular weight is 314 g/mol. The zero-order valence-electron chi connectivity index (χ0n) is 8.65. The zero-order valence-corrected chi connectivity index (χ0v) is 10.2. The lowest BCUT2D eigenvalue weighted by Crippen LogP contribution is -2.20. The van der Waals surface area contributed by atoms with Crippen molar-refractivity contribution in [2.75, 3.05) is 5.33 Å². The van der Waals surface area contributed by atoms with Gasteiger partial charge in [0.25, 0.3) is 0 Å². The van der Waals surface area contributed by atoms with Crippen LogP contribution in [-0.4, -0.2) is 26.6 Å². The highest BCUT2D eigenvalue weighted by molar-refractivity contribution is 9.09. The van der Waals surface area contributed by atoms with E-state index in [4.69, 9.17) is 0 Å². The van der Waals surface area contributed by atoms with Gasteiger partial charge in [0, 0.05) is 11.5 Å². The number of aromatic nitrogens is 1. The predicted octanol–water partition coefficient (Wildman–Crippen LogP) is 2.28. The highest BCUT2D eigenvalue weighted by Crippen LogP contribution is 2.30. The quantitative estimate of drug-likeness (QED) is 0.839. The minimum absolute atomic E-state index is 0.187. The summed E-state index contributed by atoms with van der Waals surface area (Å²) in [4.78, 5) is 3.63. The summed E-state index contributed by atoms with van der Waals surface area (Å²) in [6.45, 7) is 0. The molecular formula is C10H11BrF3NO2. The maximum atomic E-state index is 12.4. The zero-order chi connectivity index (χ0) is 13.1. The molecule has 1 aromatic heterocycles. The van der Waals surface area contributed by atoms with Crippen LogP contribution in [0.2, 0.25) is 0 Å². The maximum Gasteiger partial charge on any atom is 0.416 e. The van der Waals surface area contributed by atoms with Crippen LogP contribution in [0, 0.1) is 0 Å². The van der Waals surface area contributed by atoms with Gasteiger partial charge in [0.1, 0.15) is 6.10 Å². The Morgan fingerprint density at radius 2 is 2.00 bits per heavy atom. The van der Waals surface area contributed by atoms with Crippen molar-refractivity contribution in [1.82, 2.24) is 4.98 Å². The van der Waals surface area contributed by atoms with Crippen molar-refractivity contribution in [3.05, 3.63) is 29.6 Å². The molecule has 7 heteroatoms. The monoisotopic (exact) mass is 313 g/mol. The fourth-order valence-electron chi connectivity index (χ4n) is 1.25. The van der Waals surface area contributed by atoms with Gasteiger partial charge in [-0.15, -0.1) is 0 Å². The molecule has 0 saturated carbocycles. The Labute approximate surface area is 104 Å². The van der Waals surface area contributed by atoms with E-state index in [1.54, 1.807) is 0 Å². The molecule has 96 valence electrons. The third kappa shape index (κ3) is 3.93. The van der Waals surface area contributed by atoms with Gasteiger partial charge in [-0.1, -0.05) is 15.9 Å². The van der Waals surface area contributed by atoms with Crippen molar-refractivity contribution >= 4 is 15.9 Å². The number of alkyl halides is 4. The van der Waals surface area contributed by atoms with E-state index in [1.807, 2.05) is 0 Å². The number of aliphatic hydroxyl groups excluding tert-OH is 2. The van der Waals surface area contributed by atoms with E-state index < -0.39 is 23.9 Å². The van der Waals surface area contributed by atoms with Gasteiger partial charge in [-0.2, -0.15) is 13.2 Å². The Balaban J connectivity index is 2.92. The largest absolute Gasteiger partial charge is 0.416 e. The number of rotatable bonds is 4. The minimum Gasteiger partial charge on any atom is -0.390 e. The number of nitrogens with zero attached hydrogens (tertiary/aromatic N) is 1. The normalized spacial score (nSPS) is 15.6. The third-order valence-electron chi connectivity index (χ3n) is 2.18. The molecule has 0 aromatic carbocycles. The predicted molar refractivity (Wildman–Crippen MR) is 58.6 cm³/mol. The van der Waals surface area contributed by atoms with Gasteiger partial charge < -0.3 is 10.2 Å². The molecule has 2 unspecified atom stereocenters. The van der Waals surface area contributed by atoms with E-state index >= 15 is 0 Å². The second-order valence-corrected chi connectivity index (χ2v) is 4.25. The van der Waals surface area contributed by atoms with Crippen LogP contribution in [0.25, 0.3) is 0 Å². The first-order chi connectivity index (χ1) is 7.86. The fourth-order valence-corrected chi connectivity index (χ4v) is 1.72. The van der Waals surface area contributed by atoms with E-state index in [2.05, 4.69) is 20.9 Å². The van der Waals surface area contributed by atoms with Gasteiger partial charge in [0.15, 0.2) is 0 Å². The third-order valence-corrected chi connectivity index (χ3v) is 2.64. The summed E-state index contributed by atoms with van der Waals surface area (Å²) < 4.78 is 37.2.